The smallest absolute Gasteiger partial charge is 0.122 e. The van der Waals surface area contributed by atoms with E-state index in [2.05, 4.69) is 6.92 Å². The van der Waals surface area contributed by atoms with Crippen molar-refractivity contribution in [2.75, 3.05) is 6.61 Å². The van der Waals surface area contributed by atoms with E-state index in [1.807, 2.05) is 25.1 Å². The lowest BCUT2D eigenvalue weighted by Crippen LogP contribution is -1.96. The van der Waals surface area contributed by atoms with E-state index in [1.165, 1.54) is 0 Å². The van der Waals surface area contributed by atoms with Crippen molar-refractivity contribution in [2.45, 2.75) is 20.3 Å². The van der Waals surface area contributed by atoms with Gasteiger partial charge < -0.3 is 9.84 Å². The van der Waals surface area contributed by atoms with Gasteiger partial charge in [0.05, 0.1) is 6.61 Å². The minimum Gasteiger partial charge on any atom is -0.494 e. The molecule has 0 aromatic heterocycles. The van der Waals surface area contributed by atoms with Crippen molar-refractivity contribution in [3.05, 3.63) is 35.9 Å². The highest BCUT2D eigenvalue weighted by atomic mass is 16.5. The average molecular weight is 179 g/mol. The standard InChI is InChI=1S/C11H15O2/c1-3-10-7-9(8-12)5-6-11(10)13-4-2/h5-8,12H,3-4H2,1-2H3. The van der Waals surface area contributed by atoms with Crippen molar-refractivity contribution < 1.29 is 9.84 Å². The van der Waals surface area contributed by atoms with Crippen molar-refractivity contribution in [1.29, 1.82) is 0 Å². The van der Waals surface area contributed by atoms with E-state index in [9.17, 15) is 0 Å². The Bertz CT molecular complexity index is 269. The van der Waals surface area contributed by atoms with E-state index >= 15 is 0 Å². The van der Waals surface area contributed by atoms with Crippen LogP contribution >= 0.6 is 0 Å². The Morgan fingerprint density at radius 1 is 1.38 bits per heavy atom. The third-order valence-electron chi connectivity index (χ3n) is 1.91. The van der Waals surface area contributed by atoms with Gasteiger partial charge in [0.1, 0.15) is 12.4 Å². The first-order valence-electron chi connectivity index (χ1n) is 4.55. The van der Waals surface area contributed by atoms with E-state index in [-0.39, 0.29) is 0 Å². The molecule has 1 aromatic carbocycles. The van der Waals surface area contributed by atoms with Gasteiger partial charge in [-0.2, -0.15) is 0 Å². The van der Waals surface area contributed by atoms with Gasteiger partial charge in [0.2, 0.25) is 0 Å². The lowest BCUT2D eigenvalue weighted by Gasteiger charge is -2.09. The number of aliphatic hydroxyl groups excluding tert-OH is 1. The van der Waals surface area contributed by atoms with Crippen molar-refractivity contribution in [3.63, 3.8) is 0 Å². The molecule has 71 valence electrons. The quantitative estimate of drug-likeness (QED) is 0.769. The Morgan fingerprint density at radius 3 is 2.69 bits per heavy atom. The van der Waals surface area contributed by atoms with Crippen LogP contribution < -0.4 is 4.74 Å². The molecule has 0 aliphatic carbocycles. The lowest BCUT2D eigenvalue weighted by molar-refractivity contribution is 0.336. The number of ether oxygens (including phenoxy) is 1. The summed E-state index contributed by atoms with van der Waals surface area (Å²) in [5, 5.41) is 8.81. The summed E-state index contributed by atoms with van der Waals surface area (Å²) in [5.74, 6) is 0.913. The number of rotatable bonds is 4. The monoisotopic (exact) mass is 179 g/mol. The number of hydrogen-bond donors (Lipinski definition) is 1. The van der Waals surface area contributed by atoms with Crippen molar-refractivity contribution >= 4 is 0 Å². The third kappa shape index (κ3) is 2.46. The fourth-order valence-electron chi connectivity index (χ4n) is 1.25. The largest absolute Gasteiger partial charge is 0.494 e. The first-order chi connectivity index (χ1) is 6.31. The van der Waals surface area contributed by atoms with Gasteiger partial charge in [0, 0.05) is 0 Å². The number of aryl methyl sites for hydroxylation is 1. The molecule has 0 amide bonds. The van der Waals surface area contributed by atoms with E-state index < -0.39 is 0 Å². The van der Waals surface area contributed by atoms with Gasteiger partial charge in [-0.1, -0.05) is 13.0 Å². The predicted molar refractivity (Wildman–Crippen MR) is 52.3 cm³/mol. The summed E-state index contributed by atoms with van der Waals surface area (Å²) in [4.78, 5) is 0. The highest BCUT2D eigenvalue weighted by Crippen LogP contribution is 2.21. The Kier molecular flexibility index (Phi) is 3.77. The summed E-state index contributed by atoms with van der Waals surface area (Å²) in [7, 11) is 0. The predicted octanol–water partition coefficient (Wildman–Crippen LogP) is 2.53. The van der Waals surface area contributed by atoms with E-state index in [0.29, 0.717) is 6.61 Å². The third-order valence-corrected chi connectivity index (χ3v) is 1.91. The molecular weight excluding hydrogens is 164 g/mol. The number of hydrogen-bond acceptors (Lipinski definition) is 2. The normalized spacial score (nSPS) is 10.1. The summed E-state index contributed by atoms with van der Waals surface area (Å²) in [6.45, 7) is 5.81. The minimum atomic E-state index is 0.676. The van der Waals surface area contributed by atoms with Crippen molar-refractivity contribution in [1.82, 2.24) is 0 Å². The van der Waals surface area contributed by atoms with Crippen LogP contribution in [-0.2, 0) is 6.42 Å². The molecular formula is C11H15O2. The van der Waals surface area contributed by atoms with E-state index in [4.69, 9.17) is 9.84 Å². The maximum absolute atomic E-state index is 8.81. The summed E-state index contributed by atoms with van der Waals surface area (Å²) in [6, 6.07) is 5.67. The van der Waals surface area contributed by atoms with Crippen LogP contribution in [0.3, 0.4) is 0 Å². The second kappa shape index (κ2) is 4.87. The van der Waals surface area contributed by atoms with Gasteiger partial charge in [-0.15, -0.1) is 0 Å². The second-order valence-electron chi connectivity index (χ2n) is 2.78. The molecule has 2 heteroatoms. The fraction of sp³-hybridized carbons (Fsp3) is 0.364. The highest BCUT2D eigenvalue weighted by Gasteiger charge is 2.02. The Morgan fingerprint density at radius 2 is 2.15 bits per heavy atom. The first-order valence-corrected chi connectivity index (χ1v) is 4.55. The van der Waals surface area contributed by atoms with Gasteiger partial charge in [0.15, 0.2) is 0 Å². The minimum absolute atomic E-state index is 0.676. The fourth-order valence-corrected chi connectivity index (χ4v) is 1.25. The van der Waals surface area contributed by atoms with Crippen molar-refractivity contribution in [2.24, 2.45) is 0 Å². The van der Waals surface area contributed by atoms with Gasteiger partial charge in [-0.25, -0.2) is 0 Å². The Balaban J connectivity index is 2.93. The van der Waals surface area contributed by atoms with Crippen LogP contribution in [-0.4, -0.2) is 11.7 Å². The maximum Gasteiger partial charge on any atom is 0.122 e. The number of benzene rings is 1. The number of aliphatic hydroxyl groups is 1. The van der Waals surface area contributed by atoms with E-state index in [1.54, 1.807) is 0 Å². The van der Waals surface area contributed by atoms with E-state index in [0.717, 1.165) is 29.9 Å². The summed E-state index contributed by atoms with van der Waals surface area (Å²) in [5.41, 5.74) is 1.95. The summed E-state index contributed by atoms with van der Waals surface area (Å²) < 4.78 is 5.43. The van der Waals surface area contributed by atoms with Crippen LogP contribution in [0.1, 0.15) is 25.0 Å². The second-order valence-corrected chi connectivity index (χ2v) is 2.78. The highest BCUT2D eigenvalue weighted by molar-refractivity contribution is 5.38. The topological polar surface area (TPSA) is 29.5 Å². The first kappa shape index (κ1) is 10.1. The van der Waals surface area contributed by atoms with Gasteiger partial charge in [0.25, 0.3) is 0 Å². The molecule has 0 aliphatic heterocycles. The van der Waals surface area contributed by atoms with Crippen molar-refractivity contribution in [3.8, 4) is 5.75 Å². The Hall–Kier alpha value is -1.02. The molecule has 1 rings (SSSR count). The molecule has 0 aliphatic rings. The van der Waals surface area contributed by atoms with Gasteiger partial charge in [-0.3, -0.25) is 0 Å². The zero-order valence-electron chi connectivity index (χ0n) is 8.08. The van der Waals surface area contributed by atoms with Crippen LogP contribution in [0.4, 0.5) is 0 Å². The molecule has 0 atom stereocenters. The molecule has 1 radical (unpaired) electrons. The zero-order chi connectivity index (χ0) is 9.68. The molecule has 0 saturated heterocycles. The van der Waals surface area contributed by atoms with Crippen LogP contribution in [0.5, 0.6) is 5.75 Å². The maximum atomic E-state index is 8.81. The molecule has 0 heterocycles. The molecule has 1 aromatic rings. The molecule has 2 nitrogen and oxygen atoms in total. The lowest BCUT2D eigenvalue weighted by atomic mass is 10.1. The van der Waals surface area contributed by atoms with Crippen LogP contribution in [0.15, 0.2) is 18.2 Å². The van der Waals surface area contributed by atoms with Crippen LogP contribution in [0, 0.1) is 6.61 Å². The summed E-state index contributed by atoms with van der Waals surface area (Å²) >= 11 is 0. The van der Waals surface area contributed by atoms with Gasteiger partial charge >= 0.3 is 0 Å². The molecule has 0 spiro atoms. The SMILES string of the molecule is CCOc1ccc([CH]O)cc1CC. The molecule has 0 bridgehead atoms. The molecule has 0 unspecified atom stereocenters. The molecule has 1 N–H and O–H groups in total. The van der Waals surface area contributed by atoms with Crippen LogP contribution in [0.2, 0.25) is 0 Å². The molecule has 13 heavy (non-hydrogen) atoms. The average Bonchev–Trinajstić information content (AvgIpc) is 2.19. The molecule has 0 saturated carbocycles. The van der Waals surface area contributed by atoms with Gasteiger partial charge in [-0.05, 0) is 36.6 Å². The Labute approximate surface area is 79.2 Å². The van der Waals surface area contributed by atoms with Crippen LogP contribution in [0.25, 0.3) is 0 Å². The zero-order valence-corrected chi connectivity index (χ0v) is 8.08. The molecule has 0 fully saturated rings. The summed E-state index contributed by atoms with van der Waals surface area (Å²) in [6.07, 6.45) is 0.914.